The second-order valence-electron chi connectivity index (χ2n) is 9.89. The Morgan fingerprint density at radius 1 is 0.857 bits per heavy atom. The van der Waals surface area contributed by atoms with Gasteiger partial charge in [-0.3, -0.25) is 9.67 Å². The molecule has 0 radical (unpaired) electrons. The van der Waals surface area contributed by atoms with Gasteiger partial charge in [-0.15, -0.1) is 0 Å². The predicted octanol–water partition coefficient (Wildman–Crippen LogP) is 6.17. The first-order chi connectivity index (χ1) is 20.5. The zero-order valence-corrected chi connectivity index (χ0v) is 22.3. The van der Waals surface area contributed by atoms with Crippen molar-refractivity contribution in [3.63, 3.8) is 0 Å². The lowest BCUT2D eigenvalue weighted by Gasteiger charge is -2.19. The first-order valence-electron chi connectivity index (χ1n) is 13.3. The summed E-state index contributed by atoms with van der Waals surface area (Å²) in [7, 11) is 0. The number of pyridine rings is 2. The van der Waals surface area contributed by atoms with Gasteiger partial charge in [0.15, 0.2) is 0 Å². The maximum absolute atomic E-state index is 14.7. The molecule has 0 aliphatic rings. The molecule has 0 spiro atoms. The zero-order valence-electron chi connectivity index (χ0n) is 22.3. The van der Waals surface area contributed by atoms with Crippen LogP contribution in [-0.4, -0.2) is 35.9 Å². The van der Waals surface area contributed by atoms with E-state index in [2.05, 4.69) is 25.5 Å². The van der Waals surface area contributed by atoms with E-state index in [-0.39, 0.29) is 11.7 Å². The summed E-state index contributed by atoms with van der Waals surface area (Å²) >= 11 is 0. The van der Waals surface area contributed by atoms with E-state index in [1.165, 1.54) is 47.4 Å². The van der Waals surface area contributed by atoms with Crippen LogP contribution >= 0.6 is 0 Å². The summed E-state index contributed by atoms with van der Waals surface area (Å²) in [6.45, 7) is 1.31. The fourth-order valence-electron chi connectivity index (χ4n) is 5.14. The van der Waals surface area contributed by atoms with Gasteiger partial charge in [-0.2, -0.15) is 10.2 Å². The smallest absolute Gasteiger partial charge is 0.141 e. The molecule has 42 heavy (non-hydrogen) atoms. The highest BCUT2D eigenvalue weighted by Gasteiger charge is 2.21. The third kappa shape index (κ3) is 5.77. The van der Waals surface area contributed by atoms with E-state index in [0.717, 1.165) is 22.8 Å². The van der Waals surface area contributed by atoms with Crippen molar-refractivity contribution >= 4 is 5.52 Å². The van der Waals surface area contributed by atoms with Gasteiger partial charge in [0.2, 0.25) is 0 Å². The molecule has 0 fully saturated rings. The maximum Gasteiger partial charge on any atom is 0.141 e. The van der Waals surface area contributed by atoms with Crippen LogP contribution in [0.1, 0.15) is 23.5 Å². The Morgan fingerprint density at radius 3 is 2.45 bits per heavy atom. The van der Waals surface area contributed by atoms with Crippen molar-refractivity contribution in [2.24, 2.45) is 0 Å². The molecule has 0 aliphatic heterocycles. The molecule has 0 saturated carbocycles. The molecular formula is C31H25F4N7. The molecule has 4 aromatic heterocycles. The number of fused-ring (bicyclic) bond motifs is 1. The van der Waals surface area contributed by atoms with Crippen LogP contribution in [0.5, 0.6) is 0 Å². The average Bonchev–Trinajstić information content (AvgIpc) is 3.63. The number of nitrogens with zero attached hydrogens (tertiary/aromatic N) is 6. The van der Waals surface area contributed by atoms with Crippen LogP contribution in [0, 0.1) is 23.3 Å². The second-order valence-corrected chi connectivity index (χ2v) is 9.89. The van der Waals surface area contributed by atoms with Crippen LogP contribution in [0.15, 0.2) is 91.9 Å². The lowest BCUT2D eigenvalue weighted by atomic mass is 9.94. The van der Waals surface area contributed by atoms with Crippen LogP contribution in [-0.2, 0) is 13.1 Å². The van der Waals surface area contributed by atoms with E-state index in [4.69, 9.17) is 0 Å². The van der Waals surface area contributed by atoms with E-state index in [0.29, 0.717) is 48.4 Å². The molecule has 0 saturated heterocycles. The number of hydrogen-bond donors (Lipinski definition) is 1. The van der Waals surface area contributed by atoms with Gasteiger partial charge < -0.3 is 5.32 Å². The standard InChI is InChI=1S/C31H25F4N7/c32-23-3-1-20(2-4-23)31-30(29-8-6-25(34)17-42(29)40-31)27-10-12-37-15-22(27)14-36-11-9-21(16-41-19-38-18-39-41)26-7-5-24(33)13-28(26)35/h1-8,10,12-13,15,17-19,21,36H,9,11,14,16H2. The largest absolute Gasteiger partial charge is 0.313 e. The number of halogens is 4. The summed E-state index contributed by atoms with van der Waals surface area (Å²) in [4.78, 5) is 8.28. The number of aromatic nitrogens is 6. The molecule has 1 unspecified atom stereocenters. The summed E-state index contributed by atoms with van der Waals surface area (Å²) in [6, 6.07) is 14.5. The van der Waals surface area contributed by atoms with Crippen LogP contribution < -0.4 is 5.32 Å². The van der Waals surface area contributed by atoms with Gasteiger partial charge >= 0.3 is 0 Å². The molecule has 4 heterocycles. The number of hydrogen-bond acceptors (Lipinski definition) is 5. The fourth-order valence-corrected chi connectivity index (χ4v) is 5.14. The highest BCUT2D eigenvalue weighted by molar-refractivity contribution is 5.93. The van der Waals surface area contributed by atoms with Crippen molar-refractivity contribution in [1.82, 2.24) is 34.7 Å². The SMILES string of the molecule is Fc1ccc(-c2nn3cc(F)ccc3c2-c2ccncc2CNCCC(Cn2cncn2)c2ccc(F)cc2F)cc1. The van der Waals surface area contributed by atoms with Gasteiger partial charge in [-0.1, -0.05) is 6.07 Å². The maximum atomic E-state index is 14.7. The molecule has 212 valence electrons. The number of benzene rings is 2. The fraction of sp³-hybridized carbons (Fsp3) is 0.161. The van der Waals surface area contributed by atoms with Crippen LogP contribution in [0.25, 0.3) is 27.9 Å². The summed E-state index contributed by atoms with van der Waals surface area (Å²) in [5.74, 6) is -2.32. The molecule has 1 N–H and O–H groups in total. The third-order valence-electron chi connectivity index (χ3n) is 7.15. The Morgan fingerprint density at radius 2 is 1.67 bits per heavy atom. The van der Waals surface area contributed by atoms with Gasteiger partial charge in [-0.05, 0) is 78.2 Å². The molecule has 7 nitrogen and oxygen atoms in total. The minimum absolute atomic E-state index is 0.284. The molecule has 0 bridgehead atoms. The van der Waals surface area contributed by atoms with E-state index in [1.54, 1.807) is 41.6 Å². The highest BCUT2D eigenvalue weighted by Crippen LogP contribution is 2.37. The van der Waals surface area contributed by atoms with Crippen LogP contribution in [0.4, 0.5) is 17.6 Å². The topological polar surface area (TPSA) is 72.9 Å². The lowest BCUT2D eigenvalue weighted by Crippen LogP contribution is -2.21. The number of nitrogens with one attached hydrogen (secondary N) is 1. The van der Waals surface area contributed by atoms with Gasteiger partial charge in [0.25, 0.3) is 0 Å². The van der Waals surface area contributed by atoms with Crippen LogP contribution in [0.2, 0.25) is 0 Å². The summed E-state index contributed by atoms with van der Waals surface area (Å²) in [6.07, 6.45) is 8.23. The van der Waals surface area contributed by atoms with Gasteiger partial charge in [0.1, 0.15) is 41.6 Å². The molecule has 0 aliphatic carbocycles. The number of rotatable bonds is 10. The monoisotopic (exact) mass is 571 g/mol. The Kier molecular flexibility index (Phi) is 7.74. The first-order valence-corrected chi connectivity index (χ1v) is 13.3. The molecule has 2 aromatic carbocycles. The van der Waals surface area contributed by atoms with Crippen molar-refractivity contribution in [3.05, 3.63) is 126 Å². The Labute approximate surface area is 238 Å². The van der Waals surface area contributed by atoms with E-state index >= 15 is 0 Å². The van der Waals surface area contributed by atoms with Gasteiger partial charge in [0, 0.05) is 48.6 Å². The molecule has 11 heteroatoms. The molecule has 1 atom stereocenters. The van der Waals surface area contributed by atoms with Crippen molar-refractivity contribution in [1.29, 1.82) is 0 Å². The molecule has 6 rings (SSSR count). The van der Waals surface area contributed by atoms with E-state index < -0.39 is 17.5 Å². The first kappa shape index (κ1) is 27.3. The van der Waals surface area contributed by atoms with Crippen LogP contribution in [0.3, 0.4) is 0 Å². The molecule has 0 amide bonds. The van der Waals surface area contributed by atoms with Crippen molar-refractivity contribution in [2.75, 3.05) is 6.54 Å². The second kappa shape index (κ2) is 11.9. The van der Waals surface area contributed by atoms with Crippen molar-refractivity contribution < 1.29 is 17.6 Å². The minimum Gasteiger partial charge on any atom is -0.313 e. The normalized spacial score (nSPS) is 12.2. The Hall–Kier alpha value is -4.90. The van der Waals surface area contributed by atoms with E-state index in [9.17, 15) is 17.6 Å². The van der Waals surface area contributed by atoms with Crippen molar-refractivity contribution in [2.45, 2.75) is 25.4 Å². The Balaban J connectivity index is 1.26. The zero-order chi connectivity index (χ0) is 29.1. The van der Waals surface area contributed by atoms with Crippen molar-refractivity contribution in [3.8, 4) is 22.4 Å². The average molecular weight is 572 g/mol. The van der Waals surface area contributed by atoms with Gasteiger partial charge in [0.05, 0.1) is 11.7 Å². The predicted molar refractivity (Wildman–Crippen MR) is 149 cm³/mol. The third-order valence-corrected chi connectivity index (χ3v) is 7.15. The quantitative estimate of drug-likeness (QED) is 0.157. The highest BCUT2D eigenvalue weighted by atomic mass is 19.1. The van der Waals surface area contributed by atoms with Gasteiger partial charge in [-0.25, -0.2) is 27.1 Å². The Bertz CT molecular complexity index is 1820. The molecular weight excluding hydrogens is 546 g/mol. The van der Waals surface area contributed by atoms with E-state index in [1.807, 2.05) is 6.07 Å². The summed E-state index contributed by atoms with van der Waals surface area (Å²) < 4.78 is 59.2. The lowest BCUT2D eigenvalue weighted by molar-refractivity contribution is 0.453. The molecule has 6 aromatic rings. The minimum atomic E-state index is -0.631. The summed E-state index contributed by atoms with van der Waals surface area (Å²) in [5, 5.41) is 12.2. The summed E-state index contributed by atoms with van der Waals surface area (Å²) in [5.41, 5.74) is 4.80.